The second-order valence-corrected chi connectivity index (χ2v) is 5.80. The van der Waals surface area contributed by atoms with Crippen LogP contribution in [0, 0.1) is 0 Å². The number of carbonyl (C=O) groups excluding carboxylic acids is 1. The highest BCUT2D eigenvalue weighted by molar-refractivity contribution is 6.30. The van der Waals surface area contributed by atoms with Crippen molar-refractivity contribution in [1.82, 2.24) is 15.2 Å². The van der Waals surface area contributed by atoms with Gasteiger partial charge in [0.15, 0.2) is 0 Å². The predicted molar refractivity (Wildman–Crippen MR) is 88.9 cm³/mol. The summed E-state index contributed by atoms with van der Waals surface area (Å²) in [5, 5.41) is 3.87. The molecular formula is C17H18ClN3O2. The summed E-state index contributed by atoms with van der Waals surface area (Å²) < 4.78 is 5.76. The number of rotatable bonds is 4. The third kappa shape index (κ3) is 4.00. The van der Waals surface area contributed by atoms with Gasteiger partial charge in [0.1, 0.15) is 12.4 Å². The van der Waals surface area contributed by atoms with Crippen LogP contribution in [0.5, 0.6) is 5.75 Å². The smallest absolute Gasteiger partial charge is 0.254 e. The van der Waals surface area contributed by atoms with Gasteiger partial charge in [-0.2, -0.15) is 0 Å². The van der Waals surface area contributed by atoms with E-state index in [1.54, 1.807) is 36.7 Å². The number of piperazine rings is 1. The lowest BCUT2D eigenvalue weighted by Gasteiger charge is -2.36. The normalized spacial score (nSPS) is 17.8. The molecule has 1 saturated heterocycles. The van der Waals surface area contributed by atoms with Crippen molar-refractivity contribution in [3.8, 4) is 5.75 Å². The second kappa shape index (κ2) is 7.44. The maximum Gasteiger partial charge on any atom is 0.254 e. The first-order valence-electron chi connectivity index (χ1n) is 7.54. The first kappa shape index (κ1) is 15.8. The minimum Gasteiger partial charge on any atom is -0.490 e. The zero-order chi connectivity index (χ0) is 16.1. The molecule has 1 aromatic carbocycles. The number of nitrogens with zero attached hydrogens (tertiary/aromatic N) is 2. The van der Waals surface area contributed by atoms with E-state index in [1.165, 1.54) is 0 Å². The molecule has 2 aromatic rings. The zero-order valence-corrected chi connectivity index (χ0v) is 13.4. The summed E-state index contributed by atoms with van der Waals surface area (Å²) in [6, 6.07) is 10.7. The van der Waals surface area contributed by atoms with Crippen LogP contribution < -0.4 is 10.1 Å². The molecule has 120 valence electrons. The van der Waals surface area contributed by atoms with E-state index in [4.69, 9.17) is 16.3 Å². The second-order valence-electron chi connectivity index (χ2n) is 5.37. The molecule has 1 aromatic heterocycles. The summed E-state index contributed by atoms with van der Waals surface area (Å²) in [5.74, 6) is 0.682. The van der Waals surface area contributed by atoms with Crippen LogP contribution in [0.2, 0.25) is 5.02 Å². The van der Waals surface area contributed by atoms with Gasteiger partial charge in [-0.1, -0.05) is 17.7 Å². The summed E-state index contributed by atoms with van der Waals surface area (Å²) in [5.41, 5.74) is 0.603. The summed E-state index contributed by atoms with van der Waals surface area (Å²) in [6.45, 7) is 2.54. The monoisotopic (exact) mass is 331 g/mol. The Morgan fingerprint density at radius 1 is 1.39 bits per heavy atom. The molecule has 5 nitrogen and oxygen atoms in total. The molecule has 1 unspecified atom stereocenters. The van der Waals surface area contributed by atoms with Crippen molar-refractivity contribution in [1.29, 1.82) is 0 Å². The fourth-order valence-corrected chi connectivity index (χ4v) is 2.78. The zero-order valence-electron chi connectivity index (χ0n) is 12.6. The Kier molecular flexibility index (Phi) is 5.10. The van der Waals surface area contributed by atoms with Crippen LogP contribution in [0.3, 0.4) is 0 Å². The summed E-state index contributed by atoms with van der Waals surface area (Å²) >= 11 is 5.99. The highest BCUT2D eigenvalue weighted by Crippen LogP contribution is 2.16. The third-order valence-corrected chi connectivity index (χ3v) is 3.99. The Hall–Kier alpha value is -2.11. The maximum atomic E-state index is 12.7. The molecule has 3 rings (SSSR count). The molecule has 0 radical (unpaired) electrons. The molecule has 0 spiro atoms. The van der Waals surface area contributed by atoms with Crippen molar-refractivity contribution in [3.05, 3.63) is 59.4 Å². The van der Waals surface area contributed by atoms with Gasteiger partial charge in [0.25, 0.3) is 5.91 Å². The van der Waals surface area contributed by atoms with Gasteiger partial charge in [-0.05, 0) is 30.3 Å². The van der Waals surface area contributed by atoms with Gasteiger partial charge in [-0.15, -0.1) is 0 Å². The number of benzene rings is 1. The summed E-state index contributed by atoms with van der Waals surface area (Å²) in [6.07, 6.45) is 3.36. The lowest BCUT2D eigenvalue weighted by Crippen LogP contribution is -2.55. The molecule has 1 atom stereocenters. The van der Waals surface area contributed by atoms with E-state index in [0.717, 1.165) is 6.54 Å². The number of hydrogen-bond acceptors (Lipinski definition) is 4. The minimum absolute atomic E-state index is 0.0196. The molecule has 1 amide bonds. The van der Waals surface area contributed by atoms with Crippen molar-refractivity contribution in [2.24, 2.45) is 0 Å². The Morgan fingerprint density at radius 2 is 2.30 bits per heavy atom. The van der Waals surface area contributed by atoms with Crippen molar-refractivity contribution in [2.75, 3.05) is 26.2 Å². The lowest BCUT2D eigenvalue weighted by atomic mass is 10.1. The van der Waals surface area contributed by atoms with E-state index in [-0.39, 0.29) is 11.9 Å². The highest BCUT2D eigenvalue weighted by atomic mass is 35.5. The van der Waals surface area contributed by atoms with E-state index in [1.807, 2.05) is 17.0 Å². The number of halogens is 1. The Bertz CT molecular complexity index is 666. The predicted octanol–water partition coefficient (Wildman–Crippen LogP) is 2.23. The molecule has 1 aliphatic rings. The topological polar surface area (TPSA) is 54.5 Å². The third-order valence-electron chi connectivity index (χ3n) is 3.76. The molecule has 1 fully saturated rings. The standard InChI is InChI=1S/C17H18ClN3O2/c18-14-4-1-3-13(9-14)17(22)21-8-7-20-10-15(21)12-23-16-5-2-6-19-11-16/h1-6,9,11,15,20H,7-8,10,12H2. The quantitative estimate of drug-likeness (QED) is 0.933. The molecule has 0 bridgehead atoms. The lowest BCUT2D eigenvalue weighted by molar-refractivity contribution is 0.0559. The van der Waals surface area contributed by atoms with E-state index >= 15 is 0 Å². The first-order valence-corrected chi connectivity index (χ1v) is 7.92. The largest absolute Gasteiger partial charge is 0.490 e. The van der Waals surface area contributed by atoms with Crippen LogP contribution in [-0.4, -0.2) is 48.1 Å². The van der Waals surface area contributed by atoms with Gasteiger partial charge < -0.3 is 15.0 Å². The first-order chi connectivity index (χ1) is 11.2. The summed E-state index contributed by atoms with van der Waals surface area (Å²) in [4.78, 5) is 18.6. The molecule has 2 heterocycles. The average molecular weight is 332 g/mol. The number of nitrogens with one attached hydrogen (secondary N) is 1. The molecule has 6 heteroatoms. The number of hydrogen-bond donors (Lipinski definition) is 1. The van der Waals surface area contributed by atoms with Crippen LogP contribution in [0.15, 0.2) is 48.8 Å². The van der Waals surface area contributed by atoms with Gasteiger partial charge in [0.2, 0.25) is 0 Å². The van der Waals surface area contributed by atoms with E-state index < -0.39 is 0 Å². The Labute approximate surface area is 140 Å². The highest BCUT2D eigenvalue weighted by Gasteiger charge is 2.28. The molecule has 0 aliphatic carbocycles. The number of aromatic nitrogens is 1. The molecular weight excluding hydrogens is 314 g/mol. The fourth-order valence-electron chi connectivity index (χ4n) is 2.59. The molecule has 0 saturated carbocycles. The molecule has 1 N–H and O–H groups in total. The van der Waals surface area contributed by atoms with E-state index in [9.17, 15) is 4.79 Å². The Balaban J connectivity index is 1.69. The number of carbonyl (C=O) groups is 1. The van der Waals surface area contributed by atoms with Gasteiger partial charge >= 0.3 is 0 Å². The van der Waals surface area contributed by atoms with Crippen LogP contribution >= 0.6 is 11.6 Å². The van der Waals surface area contributed by atoms with Crippen LogP contribution in [0.4, 0.5) is 0 Å². The average Bonchev–Trinajstić information content (AvgIpc) is 2.60. The van der Waals surface area contributed by atoms with Crippen LogP contribution in [0.25, 0.3) is 0 Å². The van der Waals surface area contributed by atoms with Crippen molar-refractivity contribution < 1.29 is 9.53 Å². The number of ether oxygens (including phenoxy) is 1. The number of pyridine rings is 1. The van der Waals surface area contributed by atoms with Crippen molar-refractivity contribution in [2.45, 2.75) is 6.04 Å². The van der Waals surface area contributed by atoms with E-state index in [2.05, 4.69) is 10.3 Å². The molecule has 23 heavy (non-hydrogen) atoms. The van der Waals surface area contributed by atoms with E-state index in [0.29, 0.717) is 36.0 Å². The maximum absolute atomic E-state index is 12.7. The van der Waals surface area contributed by atoms with Gasteiger partial charge in [-0.25, -0.2) is 0 Å². The van der Waals surface area contributed by atoms with Crippen LogP contribution in [0.1, 0.15) is 10.4 Å². The van der Waals surface area contributed by atoms with Gasteiger partial charge in [0, 0.05) is 36.4 Å². The fraction of sp³-hybridized carbons (Fsp3) is 0.294. The Morgan fingerprint density at radius 3 is 3.09 bits per heavy atom. The van der Waals surface area contributed by atoms with Crippen LogP contribution in [-0.2, 0) is 0 Å². The summed E-state index contributed by atoms with van der Waals surface area (Å²) in [7, 11) is 0. The SMILES string of the molecule is O=C(c1cccc(Cl)c1)N1CCNCC1COc1cccnc1. The minimum atomic E-state index is -0.0320. The van der Waals surface area contributed by atoms with Gasteiger partial charge in [-0.3, -0.25) is 9.78 Å². The van der Waals surface area contributed by atoms with Gasteiger partial charge in [0.05, 0.1) is 12.2 Å². The van der Waals surface area contributed by atoms with Crippen molar-refractivity contribution in [3.63, 3.8) is 0 Å². The number of amides is 1. The van der Waals surface area contributed by atoms with Crippen molar-refractivity contribution >= 4 is 17.5 Å². The molecule has 1 aliphatic heterocycles.